The summed E-state index contributed by atoms with van der Waals surface area (Å²) < 4.78 is 2.10. The van der Waals surface area contributed by atoms with Crippen molar-refractivity contribution >= 4 is 0 Å². The van der Waals surface area contributed by atoms with Gasteiger partial charge in [-0.25, -0.2) is 0 Å². The molecule has 0 saturated heterocycles. The first-order valence-electron chi connectivity index (χ1n) is 5.55. The molecule has 0 amide bonds. The minimum atomic E-state index is 0.873. The SMILES string of the molecule is CNCc1ccn(CC2CCCC2)n1. The zero-order valence-corrected chi connectivity index (χ0v) is 8.87. The molecule has 1 aliphatic carbocycles. The van der Waals surface area contributed by atoms with E-state index < -0.39 is 0 Å². The molecule has 1 N–H and O–H groups in total. The minimum Gasteiger partial charge on any atom is -0.314 e. The van der Waals surface area contributed by atoms with E-state index in [4.69, 9.17) is 0 Å². The Morgan fingerprint density at radius 1 is 1.50 bits per heavy atom. The highest BCUT2D eigenvalue weighted by Gasteiger charge is 2.15. The van der Waals surface area contributed by atoms with Crippen molar-refractivity contribution in [3.63, 3.8) is 0 Å². The maximum Gasteiger partial charge on any atom is 0.0762 e. The molecular formula is C11H19N3. The first kappa shape index (κ1) is 9.71. The van der Waals surface area contributed by atoms with E-state index in [0.717, 1.165) is 24.7 Å². The topological polar surface area (TPSA) is 29.9 Å². The second kappa shape index (κ2) is 4.60. The van der Waals surface area contributed by atoms with E-state index in [9.17, 15) is 0 Å². The van der Waals surface area contributed by atoms with E-state index in [1.54, 1.807) is 0 Å². The van der Waals surface area contributed by atoms with Gasteiger partial charge in [0.25, 0.3) is 0 Å². The van der Waals surface area contributed by atoms with Crippen LogP contribution in [0.4, 0.5) is 0 Å². The lowest BCUT2D eigenvalue weighted by Crippen LogP contribution is -2.10. The summed E-state index contributed by atoms with van der Waals surface area (Å²) in [6.07, 6.45) is 7.71. The van der Waals surface area contributed by atoms with Crippen LogP contribution in [-0.4, -0.2) is 16.8 Å². The zero-order chi connectivity index (χ0) is 9.80. The summed E-state index contributed by atoms with van der Waals surface area (Å²) in [4.78, 5) is 0. The van der Waals surface area contributed by atoms with Crippen molar-refractivity contribution in [1.29, 1.82) is 0 Å². The van der Waals surface area contributed by atoms with Gasteiger partial charge in [0.05, 0.1) is 5.69 Å². The highest BCUT2D eigenvalue weighted by atomic mass is 15.3. The van der Waals surface area contributed by atoms with Crippen LogP contribution in [0.15, 0.2) is 12.3 Å². The first-order chi connectivity index (χ1) is 6.88. The summed E-state index contributed by atoms with van der Waals surface area (Å²) >= 11 is 0. The molecule has 0 bridgehead atoms. The lowest BCUT2D eigenvalue weighted by Gasteiger charge is -2.08. The van der Waals surface area contributed by atoms with Crippen molar-refractivity contribution in [2.24, 2.45) is 5.92 Å². The van der Waals surface area contributed by atoms with Crippen LogP contribution in [-0.2, 0) is 13.1 Å². The van der Waals surface area contributed by atoms with Crippen molar-refractivity contribution < 1.29 is 0 Å². The summed E-state index contributed by atoms with van der Waals surface area (Å²) in [6, 6.07) is 2.10. The summed E-state index contributed by atoms with van der Waals surface area (Å²) in [5.74, 6) is 0.873. The van der Waals surface area contributed by atoms with Gasteiger partial charge in [0.2, 0.25) is 0 Å². The van der Waals surface area contributed by atoms with Crippen LogP contribution < -0.4 is 5.32 Å². The van der Waals surface area contributed by atoms with Crippen LogP contribution >= 0.6 is 0 Å². The third-order valence-corrected chi connectivity index (χ3v) is 2.97. The molecule has 0 atom stereocenters. The van der Waals surface area contributed by atoms with Crippen LogP contribution in [0.2, 0.25) is 0 Å². The van der Waals surface area contributed by atoms with Crippen molar-refractivity contribution in [3.8, 4) is 0 Å². The molecule has 1 aliphatic rings. The molecule has 0 unspecified atom stereocenters. The van der Waals surface area contributed by atoms with Gasteiger partial charge in [-0.1, -0.05) is 12.8 Å². The molecule has 1 heterocycles. The fourth-order valence-corrected chi connectivity index (χ4v) is 2.24. The van der Waals surface area contributed by atoms with E-state index in [1.807, 2.05) is 7.05 Å². The van der Waals surface area contributed by atoms with Crippen molar-refractivity contribution in [3.05, 3.63) is 18.0 Å². The van der Waals surface area contributed by atoms with Gasteiger partial charge in [0.15, 0.2) is 0 Å². The zero-order valence-electron chi connectivity index (χ0n) is 8.87. The molecular weight excluding hydrogens is 174 g/mol. The summed E-state index contributed by atoms with van der Waals surface area (Å²) in [6.45, 7) is 1.99. The summed E-state index contributed by atoms with van der Waals surface area (Å²) in [5.41, 5.74) is 1.14. The number of aromatic nitrogens is 2. The lowest BCUT2D eigenvalue weighted by atomic mass is 10.1. The van der Waals surface area contributed by atoms with Crippen molar-refractivity contribution in [2.45, 2.75) is 38.8 Å². The molecule has 14 heavy (non-hydrogen) atoms. The predicted molar refractivity (Wildman–Crippen MR) is 56.9 cm³/mol. The van der Waals surface area contributed by atoms with Crippen molar-refractivity contribution in [2.75, 3.05) is 7.05 Å². The maximum atomic E-state index is 4.52. The Hall–Kier alpha value is -0.830. The third kappa shape index (κ3) is 2.35. The molecule has 2 rings (SSSR count). The highest BCUT2D eigenvalue weighted by molar-refractivity contribution is 4.98. The molecule has 1 aromatic rings. The van der Waals surface area contributed by atoms with Gasteiger partial charge in [-0.15, -0.1) is 0 Å². The molecule has 1 aromatic heterocycles. The van der Waals surface area contributed by atoms with E-state index in [-0.39, 0.29) is 0 Å². The minimum absolute atomic E-state index is 0.873. The van der Waals surface area contributed by atoms with Crippen LogP contribution in [0, 0.1) is 5.92 Å². The van der Waals surface area contributed by atoms with Crippen LogP contribution in [0.5, 0.6) is 0 Å². The molecule has 0 aromatic carbocycles. The van der Waals surface area contributed by atoms with E-state index in [1.165, 1.54) is 25.7 Å². The van der Waals surface area contributed by atoms with Gasteiger partial charge in [-0.3, -0.25) is 4.68 Å². The first-order valence-corrected chi connectivity index (χ1v) is 5.55. The van der Waals surface area contributed by atoms with Crippen LogP contribution in [0.25, 0.3) is 0 Å². The molecule has 1 fully saturated rings. The lowest BCUT2D eigenvalue weighted by molar-refractivity contribution is 0.426. The summed E-state index contributed by atoms with van der Waals surface area (Å²) in [5, 5.41) is 7.63. The fourth-order valence-electron chi connectivity index (χ4n) is 2.24. The average Bonchev–Trinajstić information content (AvgIpc) is 2.79. The van der Waals surface area contributed by atoms with Gasteiger partial charge >= 0.3 is 0 Å². The van der Waals surface area contributed by atoms with E-state index in [0.29, 0.717) is 0 Å². The Morgan fingerprint density at radius 3 is 3.00 bits per heavy atom. The molecule has 3 heteroatoms. The molecule has 0 spiro atoms. The number of hydrogen-bond donors (Lipinski definition) is 1. The summed E-state index contributed by atoms with van der Waals surface area (Å²) in [7, 11) is 1.95. The quantitative estimate of drug-likeness (QED) is 0.790. The monoisotopic (exact) mass is 193 g/mol. The Balaban J connectivity index is 1.88. The molecule has 3 nitrogen and oxygen atoms in total. The predicted octanol–water partition coefficient (Wildman–Crippen LogP) is 1.79. The second-order valence-electron chi connectivity index (χ2n) is 4.21. The van der Waals surface area contributed by atoms with Crippen molar-refractivity contribution in [1.82, 2.24) is 15.1 Å². The maximum absolute atomic E-state index is 4.52. The Bertz CT molecular complexity index is 274. The third-order valence-electron chi connectivity index (χ3n) is 2.97. The molecule has 1 saturated carbocycles. The number of nitrogens with zero attached hydrogens (tertiary/aromatic N) is 2. The molecule has 0 aliphatic heterocycles. The second-order valence-corrected chi connectivity index (χ2v) is 4.21. The smallest absolute Gasteiger partial charge is 0.0762 e. The molecule has 0 radical (unpaired) electrons. The van der Waals surface area contributed by atoms with E-state index in [2.05, 4.69) is 27.4 Å². The average molecular weight is 193 g/mol. The largest absolute Gasteiger partial charge is 0.314 e. The normalized spacial score (nSPS) is 17.8. The fraction of sp³-hybridized carbons (Fsp3) is 0.727. The van der Waals surface area contributed by atoms with Gasteiger partial charge in [-0.2, -0.15) is 5.10 Å². The number of rotatable bonds is 4. The Morgan fingerprint density at radius 2 is 2.29 bits per heavy atom. The van der Waals surface area contributed by atoms with Gasteiger partial charge in [0, 0.05) is 19.3 Å². The van der Waals surface area contributed by atoms with E-state index >= 15 is 0 Å². The van der Waals surface area contributed by atoms with Gasteiger partial charge in [0.1, 0.15) is 0 Å². The number of nitrogens with one attached hydrogen (secondary N) is 1. The molecule has 78 valence electrons. The van der Waals surface area contributed by atoms with Crippen LogP contribution in [0.1, 0.15) is 31.4 Å². The number of hydrogen-bond acceptors (Lipinski definition) is 2. The van der Waals surface area contributed by atoms with Crippen LogP contribution in [0.3, 0.4) is 0 Å². The van der Waals surface area contributed by atoms with Gasteiger partial charge in [-0.05, 0) is 31.9 Å². The Kier molecular flexibility index (Phi) is 3.19. The standard InChI is InChI=1S/C11H19N3/c1-12-8-11-6-7-14(13-11)9-10-4-2-3-5-10/h6-7,10,12H,2-5,8-9H2,1H3. The highest BCUT2D eigenvalue weighted by Crippen LogP contribution is 2.25. The Labute approximate surface area is 85.5 Å². The van der Waals surface area contributed by atoms with Gasteiger partial charge < -0.3 is 5.32 Å².